The highest BCUT2D eigenvalue weighted by Gasteiger charge is 2.25. The smallest absolute Gasteiger partial charge is 0.258 e. The summed E-state index contributed by atoms with van der Waals surface area (Å²) < 4.78 is 11.3. The van der Waals surface area contributed by atoms with Gasteiger partial charge in [-0.3, -0.25) is 0 Å². The van der Waals surface area contributed by atoms with Gasteiger partial charge >= 0.3 is 0 Å². The average molecular weight is 372 g/mol. The molecule has 1 heterocycles. The van der Waals surface area contributed by atoms with Gasteiger partial charge in [-0.05, 0) is 60.9 Å². The second-order valence-corrected chi connectivity index (χ2v) is 7.52. The summed E-state index contributed by atoms with van der Waals surface area (Å²) in [5, 5.41) is 13.6. The highest BCUT2D eigenvalue weighted by Crippen LogP contribution is 2.36. The van der Waals surface area contributed by atoms with Crippen LogP contribution in [0.15, 0.2) is 40.9 Å². The van der Waals surface area contributed by atoms with Gasteiger partial charge in [-0.1, -0.05) is 23.4 Å². The molecule has 3 aromatic rings. The normalized spacial score (nSPS) is 17.9. The van der Waals surface area contributed by atoms with Crippen molar-refractivity contribution in [3.05, 3.63) is 53.1 Å². The molecule has 28 heavy (non-hydrogen) atoms. The van der Waals surface area contributed by atoms with Gasteiger partial charge in [0.1, 0.15) is 11.8 Å². The standard InChI is InChI=1S/C22H20N4O2/c23-11-15-10-14(6-9-20(15)27-12-13-4-5-13)22-25-21(26-28-22)18-3-1-2-17-16(18)7-8-19(17)24/h1-3,6,9-10,13,19H,4-5,7-8,12,24H2/t19-/m0/s1. The Labute approximate surface area is 162 Å². The lowest BCUT2D eigenvalue weighted by Crippen LogP contribution is -2.04. The van der Waals surface area contributed by atoms with Crippen molar-refractivity contribution in [1.82, 2.24) is 10.1 Å². The zero-order chi connectivity index (χ0) is 19.1. The van der Waals surface area contributed by atoms with Crippen molar-refractivity contribution >= 4 is 0 Å². The molecule has 2 aromatic carbocycles. The number of benzene rings is 2. The van der Waals surface area contributed by atoms with Crippen LogP contribution in [0.5, 0.6) is 5.75 Å². The Hall–Kier alpha value is -3.17. The molecule has 1 aromatic heterocycles. The SMILES string of the molecule is N#Cc1cc(-c2nc(-c3cccc4c3CC[C@@H]4N)no2)ccc1OCC1CC1. The van der Waals surface area contributed by atoms with E-state index >= 15 is 0 Å². The molecule has 0 unspecified atom stereocenters. The number of nitriles is 1. The van der Waals surface area contributed by atoms with E-state index in [9.17, 15) is 5.26 Å². The summed E-state index contributed by atoms with van der Waals surface area (Å²) in [6, 6.07) is 13.7. The van der Waals surface area contributed by atoms with Gasteiger partial charge in [0.25, 0.3) is 5.89 Å². The first-order valence-electron chi connectivity index (χ1n) is 9.61. The van der Waals surface area contributed by atoms with Crippen LogP contribution in [-0.4, -0.2) is 16.7 Å². The molecule has 0 spiro atoms. The summed E-state index contributed by atoms with van der Waals surface area (Å²) in [6.45, 7) is 0.667. The van der Waals surface area contributed by atoms with Gasteiger partial charge in [-0.2, -0.15) is 10.2 Å². The predicted molar refractivity (Wildman–Crippen MR) is 103 cm³/mol. The minimum atomic E-state index is 0.0719. The van der Waals surface area contributed by atoms with Crippen molar-refractivity contribution in [1.29, 1.82) is 5.26 Å². The van der Waals surface area contributed by atoms with E-state index in [0.29, 0.717) is 41.1 Å². The van der Waals surface area contributed by atoms with E-state index in [-0.39, 0.29) is 6.04 Å². The maximum Gasteiger partial charge on any atom is 0.258 e. The summed E-state index contributed by atoms with van der Waals surface area (Å²) >= 11 is 0. The molecule has 0 aliphatic heterocycles. The third-order valence-electron chi connectivity index (χ3n) is 5.50. The highest BCUT2D eigenvalue weighted by atomic mass is 16.5. The zero-order valence-corrected chi connectivity index (χ0v) is 15.4. The van der Waals surface area contributed by atoms with Crippen molar-refractivity contribution in [2.24, 2.45) is 11.7 Å². The van der Waals surface area contributed by atoms with E-state index in [1.807, 2.05) is 18.2 Å². The molecule has 140 valence electrons. The first kappa shape index (κ1) is 17.0. The van der Waals surface area contributed by atoms with Crippen molar-refractivity contribution < 1.29 is 9.26 Å². The van der Waals surface area contributed by atoms with E-state index in [4.69, 9.17) is 15.0 Å². The van der Waals surface area contributed by atoms with Crippen LogP contribution in [0.25, 0.3) is 22.8 Å². The maximum atomic E-state index is 9.48. The fourth-order valence-electron chi connectivity index (χ4n) is 3.71. The number of hydrogen-bond acceptors (Lipinski definition) is 6. The van der Waals surface area contributed by atoms with Gasteiger partial charge < -0.3 is 15.0 Å². The van der Waals surface area contributed by atoms with Crippen LogP contribution in [0.3, 0.4) is 0 Å². The summed E-state index contributed by atoms with van der Waals surface area (Å²) in [5.74, 6) is 2.17. The van der Waals surface area contributed by atoms with Crippen molar-refractivity contribution in [2.75, 3.05) is 6.61 Å². The molecule has 1 atom stereocenters. The predicted octanol–water partition coefficient (Wildman–Crippen LogP) is 4.01. The number of fused-ring (bicyclic) bond motifs is 1. The molecule has 2 aliphatic carbocycles. The Morgan fingerprint density at radius 3 is 2.93 bits per heavy atom. The molecular formula is C22H20N4O2. The van der Waals surface area contributed by atoms with Crippen LogP contribution in [0.1, 0.15) is 42.0 Å². The molecule has 1 saturated carbocycles. The van der Waals surface area contributed by atoms with Crippen LogP contribution in [0.4, 0.5) is 0 Å². The summed E-state index contributed by atoms with van der Waals surface area (Å²) in [7, 11) is 0. The van der Waals surface area contributed by atoms with E-state index in [2.05, 4.69) is 22.3 Å². The van der Waals surface area contributed by atoms with Gasteiger partial charge in [0.2, 0.25) is 5.82 Å². The summed E-state index contributed by atoms with van der Waals surface area (Å²) in [5.41, 5.74) is 10.7. The van der Waals surface area contributed by atoms with Gasteiger partial charge in [0.15, 0.2) is 0 Å². The monoisotopic (exact) mass is 372 g/mol. The summed E-state index contributed by atoms with van der Waals surface area (Å²) in [4.78, 5) is 4.57. The van der Waals surface area contributed by atoms with Crippen molar-refractivity contribution in [2.45, 2.75) is 31.7 Å². The van der Waals surface area contributed by atoms with Crippen LogP contribution in [-0.2, 0) is 6.42 Å². The number of ether oxygens (including phenoxy) is 1. The first-order chi connectivity index (χ1) is 13.7. The lowest BCUT2D eigenvalue weighted by Gasteiger charge is -2.07. The molecule has 0 radical (unpaired) electrons. The fourth-order valence-corrected chi connectivity index (χ4v) is 3.71. The number of rotatable bonds is 5. The molecule has 0 bridgehead atoms. The lowest BCUT2D eigenvalue weighted by atomic mass is 10.0. The Bertz CT molecular complexity index is 1080. The number of aromatic nitrogens is 2. The minimum absolute atomic E-state index is 0.0719. The van der Waals surface area contributed by atoms with Crippen LogP contribution < -0.4 is 10.5 Å². The molecule has 2 aliphatic rings. The molecule has 0 amide bonds. The maximum absolute atomic E-state index is 9.48. The van der Waals surface area contributed by atoms with Crippen LogP contribution >= 0.6 is 0 Å². The number of hydrogen-bond donors (Lipinski definition) is 1. The highest BCUT2D eigenvalue weighted by molar-refractivity contribution is 5.67. The third-order valence-corrected chi connectivity index (χ3v) is 5.50. The van der Waals surface area contributed by atoms with Gasteiger partial charge in [-0.25, -0.2) is 0 Å². The number of nitrogens with zero attached hydrogens (tertiary/aromatic N) is 3. The second kappa shape index (κ2) is 6.77. The number of nitrogens with two attached hydrogens (primary N) is 1. The molecule has 2 N–H and O–H groups in total. The Kier molecular flexibility index (Phi) is 4.10. The molecule has 1 fully saturated rings. The van der Waals surface area contributed by atoms with E-state index < -0.39 is 0 Å². The summed E-state index contributed by atoms with van der Waals surface area (Å²) in [6.07, 6.45) is 4.27. The fraction of sp³-hybridized carbons (Fsp3) is 0.318. The van der Waals surface area contributed by atoms with E-state index in [1.54, 1.807) is 12.1 Å². The van der Waals surface area contributed by atoms with Gasteiger partial charge in [0, 0.05) is 17.2 Å². The molecule has 5 rings (SSSR count). The first-order valence-corrected chi connectivity index (χ1v) is 9.61. The minimum Gasteiger partial charge on any atom is -0.492 e. The van der Waals surface area contributed by atoms with Gasteiger partial charge in [-0.15, -0.1) is 0 Å². The Balaban J connectivity index is 1.44. The zero-order valence-electron chi connectivity index (χ0n) is 15.4. The Morgan fingerprint density at radius 1 is 1.21 bits per heavy atom. The van der Waals surface area contributed by atoms with Crippen molar-refractivity contribution in [3.8, 4) is 34.7 Å². The van der Waals surface area contributed by atoms with Crippen molar-refractivity contribution in [3.63, 3.8) is 0 Å². The second-order valence-electron chi connectivity index (χ2n) is 7.52. The molecular weight excluding hydrogens is 352 g/mol. The molecule has 6 nitrogen and oxygen atoms in total. The van der Waals surface area contributed by atoms with Crippen LogP contribution in [0.2, 0.25) is 0 Å². The molecule has 0 saturated heterocycles. The largest absolute Gasteiger partial charge is 0.492 e. The van der Waals surface area contributed by atoms with E-state index in [1.165, 1.54) is 18.4 Å². The average Bonchev–Trinajstić information content (AvgIpc) is 3.29. The lowest BCUT2D eigenvalue weighted by molar-refractivity contribution is 0.299. The third kappa shape index (κ3) is 3.04. The quantitative estimate of drug-likeness (QED) is 0.727. The Morgan fingerprint density at radius 2 is 2.11 bits per heavy atom. The van der Waals surface area contributed by atoms with E-state index in [0.717, 1.165) is 24.0 Å². The van der Waals surface area contributed by atoms with Crippen LogP contribution in [0, 0.1) is 17.2 Å². The topological polar surface area (TPSA) is 98.0 Å². The van der Waals surface area contributed by atoms with Gasteiger partial charge in [0.05, 0.1) is 12.2 Å². The molecule has 6 heteroatoms.